The fourth-order valence-electron chi connectivity index (χ4n) is 1.18. The summed E-state index contributed by atoms with van der Waals surface area (Å²) in [5, 5.41) is 1.11. The topological polar surface area (TPSA) is 20.2 Å². The van der Waals surface area contributed by atoms with E-state index in [0.29, 0.717) is 0 Å². The van der Waals surface area contributed by atoms with Gasteiger partial charge in [-0.3, -0.25) is 0 Å². The minimum absolute atomic E-state index is 1.11. The van der Waals surface area contributed by atoms with Crippen LogP contribution in [0.2, 0.25) is 0 Å². The number of aryl methyl sites for hydroxylation is 1. The molecule has 1 rings (SSSR count). The lowest BCUT2D eigenvalue weighted by atomic mass is 10.2. The highest BCUT2D eigenvalue weighted by Crippen LogP contribution is 2.44. The quantitative estimate of drug-likeness (QED) is 0.635. The molecule has 0 atom stereocenters. The van der Waals surface area contributed by atoms with Crippen molar-refractivity contribution in [1.82, 2.24) is 0 Å². The van der Waals surface area contributed by atoms with E-state index in [-0.39, 0.29) is 0 Å². The zero-order valence-electron chi connectivity index (χ0n) is 7.20. The zero-order valence-corrected chi connectivity index (χ0v) is 8.10. The van der Waals surface area contributed by atoms with Crippen molar-refractivity contribution in [2.24, 2.45) is 0 Å². The van der Waals surface area contributed by atoms with Gasteiger partial charge >= 0.3 is 0 Å². The molecule has 0 saturated carbocycles. The van der Waals surface area contributed by atoms with Crippen molar-refractivity contribution in [1.29, 1.82) is 0 Å². The van der Waals surface area contributed by atoms with Crippen molar-refractivity contribution in [2.75, 3.05) is 13.3 Å². The largest absolute Gasteiger partial charge is 0.247 e. The molecular weight excluding hydrogens is 155 g/mol. The van der Waals surface area contributed by atoms with Crippen LogP contribution in [0.5, 0.6) is 0 Å². The van der Waals surface area contributed by atoms with Crippen LogP contribution in [0.25, 0.3) is 0 Å². The number of hydrogen-bond donors (Lipinski definition) is 1. The number of hydrogen-bond acceptors (Lipinski definition) is 1. The first-order chi connectivity index (χ1) is 5.02. The third-order valence-corrected chi connectivity index (χ3v) is 3.39. The minimum atomic E-state index is -1.81. The monoisotopic (exact) mass is 169 g/mol. The molecule has 0 aliphatic rings. The second-order valence-electron chi connectivity index (χ2n) is 3.18. The van der Waals surface area contributed by atoms with Gasteiger partial charge < -0.3 is 0 Å². The van der Waals surface area contributed by atoms with E-state index in [0.717, 1.165) is 5.30 Å². The summed E-state index contributed by atoms with van der Waals surface area (Å²) < 4.78 is 0. The molecule has 1 nitrogen and oxygen atoms in total. The number of benzene rings is 1. The average Bonchev–Trinajstić information content (AvgIpc) is 1.86. The molecule has 1 N–H and O–H groups in total. The van der Waals surface area contributed by atoms with Gasteiger partial charge in [0.1, 0.15) is 5.30 Å². The molecule has 1 aromatic carbocycles. The van der Waals surface area contributed by atoms with E-state index in [4.69, 9.17) is 0 Å². The van der Waals surface area contributed by atoms with Crippen molar-refractivity contribution in [3.8, 4) is 0 Å². The third-order valence-electron chi connectivity index (χ3n) is 1.70. The predicted octanol–water partition coefficient (Wildman–Crippen LogP) is 1.80. The van der Waals surface area contributed by atoms with E-state index in [1.165, 1.54) is 5.56 Å². The highest BCUT2D eigenvalue weighted by atomic mass is 31.2. The molecule has 0 radical (unpaired) electrons. The van der Waals surface area contributed by atoms with Gasteiger partial charge in [-0.15, -0.1) is 0 Å². The molecule has 2 heteroatoms. The van der Waals surface area contributed by atoms with E-state index >= 15 is 0 Å². The van der Waals surface area contributed by atoms with Crippen molar-refractivity contribution in [2.45, 2.75) is 6.92 Å². The van der Waals surface area contributed by atoms with Gasteiger partial charge in [-0.05, 0) is 18.6 Å². The third kappa shape index (κ3) is 2.02. The maximum atomic E-state index is 9.78. The van der Waals surface area contributed by atoms with Gasteiger partial charge in [0, 0.05) is 0 Å². The summed E-state index contributed by atoms with van der Waals surface area (Å²) >= 11 is 0. The highest BCUT2D eigenvalue weighted by molar-refractivity contribution is 7.76. The summed E-state index contributed by atoms with van der Waals surface area (Å²) in [5.74, 6) is 0. The Labute approximate surface area is 68.5 Å². The molecule has 0 unspecified atom stereocenters. The molecule has 0 aliphatic carbocycles. The lowest BCUT2D eigenvalue weighted by Crippen LogP contribution is -2.11. The SMILES string of the molecule is Cc1ccccc1[P+](C)(C)O. The maximum Gasteiger partial charge on any atom is 0.168 e. The van der Waals surface area contributed by atoms with Crippen LogP contribution in [0.15, 0.2) is 24.3 Å². The summed E-state index contributed by atoms with van der Waals surface area (Å²) in [6.45, 7) is 5.86. The number of rotatable bonds is 1. The van der Waals surface area contributed by atoms with Crippen molar-refractivity contribution in [3.05, 3.63) is 29.8 Å². The Hall–Kier alpha value is -0.390. The average molecular weight is 169 g/mol. The summed E-state index contributed by atoms with van der Waals surface area (Å²) in [5.41, 5.74) is 1.19. The van der Waals surface area contributed by atoms with Gasteiger partial charge in [0.15, 0.2) is 7.49 Å². The Morgan fingerprint density at radius 1 is 1.18 bits per heavy atom. The van der Waals surface area contributed by atoms with Gasteiger partial charge in [0.2, 0.25) is 0 Å². The highest BCUT2D eigenvalue weighted by Gasteiger charge is 2.26. The van der Waals surface area contributed by atoms with Gasteiger partial charge in [0.25, 0.3) is 0 Å². The van der Waals surface area contributed by atoms with Crippen LogP contribution in [0.4, 0.5) is 0 Å². The maximum absolute atomic E-state index is 9.78. The van der Waals surface area contributed by atoms with Crippen molar-refractivity contribution in [3.63, 3.8) is 0 Å². The molecule has 0 aromatic heterocycles. The van der Waals surface area contributed by atoms with Crippen LogP contribution in [-0.2, 0) is 0 Å². The molecule has 0 fully saturated rings. The fourth-order valence-corrected chi connectivity index (χ4v) is 2.57. The predicted molar refractivity (Wildman–Crippen MR) is 51.8 cm³/mol. The molecule has 0 bridgehead atoms. The lowest BCUT2D eigenvalue weighted by molar-refractivity contribution is 0.624. The Kier molecular flexibility index (Phi) is 2.31. The second-order valence-corrected chi connectivity index (χ2v) is 6.45. The normalized spacial score (nSPS) is 11.6. The Morgan fingerprint density at radius 3 is 2.09 bits per heavy atom. The Balaban J connectivity index is 3.14. The van der Waals surface area contributed by atoms with Gasteiger partial charge in [-0.2, -0.15) is 0 Å². The standard InChI is InChI=1S/C9H14OP/c1-8-6-4-5-7-9(8)11(2,3)10/h4-7,10H,1-3H3/q+1. The Bertz CT molecular complexity index is 250. The van der Waals surface area contributed by atoms with Crippen LogP contribution in [0.3, 0.4) is 0 Å². The van der Waals surface area contributed by atoms with Crippen molar-refractivity contribution < 1.29 is 4.89 Å². The van der Waals surface area contributed by atoms with E-state index in [1.807, 2.05) is 44.5 Å². The second kappa shape index (κ2) is 2.92. The van der Waals surface area contributed by atoms with E-state index in [9.17, 15) is 4.89 Å². The summed E-state index contributed by atoms with van der Waals surface area (Å²) in [4.78, 5) is 9.78. The van der Waals surface area contributed by atoms with Crippen LogP contribution < -0.4 is 5.30 Å². The molecule has 0 amide bonds. The van der Waals surface area contributed by atoms with Crippen LogP contribution in [0, 0.1) is 6.92 Å². The summed E-state index contributed by atoms with van der Waals surface area (Å²) in [6.07, 6.45) is 0. The molecule has 0 heterocycles. The zero-order chi connectivity index (χ0) is 8.48. The van der Waals surface area contributed by atoms with E-state index < -0.39 is 7.49 Å². The van der Waals surface area contributed by atoms with Crippen LogP contribution in [-0.4, -0.2) is 18.2 Å². The van der Waals surface area contributed by atoms with E-state index in [2.05, 4.69) is 0 Å². The minimum Gasteiger partial charge on any atom is -0.247 e. The summed E-state index contributed by atoms with van der Waals surface area (Å²) in [6, 6.07) is 8.01. The van der Waals surface area contributed by atoms with E-state index in [1.54, 1.807) is 0 Å². The van der Waals surface area contributed by atoms with Gasteiger partial charge in [0.05, 0.1) is 13.3 Å². The smallest absolute Gasteiger partial charge is 0.168 e. The van der Waals surface area contributed by atoms with Crippen LogP contribution >= 0.6 is 7.49 Å². The first kappa shape index (κ1) is 8.70. The Morgan fingerprint density at radius 2 is 1.73 bits per heavy atom. The lowest BCUT2D eigenvalue weighted by Gasteiger charge is -2.10. The molecule has 0 spiro atoms. The molecule has 0 aliphatic heterocycles. The van der Waals surface area contributed by atoms with Gasteiger partial charge in [-0.1, -0.05) is 18.2 Å². The van der Waals surface area contributed by atoms with Crippen LogP contribution in [0.1, 0.15) is 5.56 Å². The first-order valence-electron chi connectivity index (χ1n) is 3.65. The van der Waals surface area contributed by atoms with Crippen molar-refractivity contribution >= 4 is 12.8 Å². The molecule has 1 aromatic rings. The molecule has 60 valence electrons. The fraction of sp³-hybridized carbons (Fsp3) is 0.333. The molecule has 11 heavy (non-hydrogen) atoms. The molecular formula is C9H14OP+. The van der Waals surface area contributed by atoms with Gasteiger partial charge in [-0.25, -0.2) is 4.89 Å². The molecule has 0 saturated heterocycles. The first-order valence-corrected chi connectivity index (χ1v) is 6.28. The summed E-state index contributed by atoms with van der Waals surface area (Å²) in [7, 11) is -1.81.